The first kappa shape index (κ1) is 20.7. The van der Waals surface area contributed by atoms with E-state index in [4.69, 9.17) is 0 Å². The first-order valence-electron chi connectivity index (χ1n) is 9.29. The van der Waals surface area contributed by atoms with Gasteiger partial charge in [-0.15, -0.1) is 11.8 Å². The topological polar surface area (TPSA) is 95.5 Å². The van der Waals surface area contributed by atoms with Crippen LogP contribution in [0.4, 0.5) is 11.4 Å². The molecule has 2 atom stereocenters. The maximum Gasteiger partial charge on any atom is 0.307 e. The summed E-state index contributed by atoms with van der Waals surface area (Å²) in [4.78, 5) is 36.8. The Balaban J connectivity index is 1.50. The van der Waals surface area contributed by atoms with Crippen LogP contribution in [-0.4, -0.2) is 28.6 Å². The molecule has 0 heterocycles. The standard InChI is InChI=1S/C22H22N2O4S/c25-20(23-15-6-2-1-3-7-15)14-29-17-12-10-16(11-13-17)24-21(26)18-8-4-5-9-19(18)22(27)28/h1-7,10-13,18-19H,8-9,14H2,(H,23,25)(H,24,26)(H,27,28). The van der Waals surface area contributed by atoms with Crippen molar-refractivity contribution < 1.29 is 19.5 Å². The van der Waals surface area contributed by atoms with Crippen LogP contribution in [0.3, 0.4) is 0 Å². The van der Waals surface area contributed by atoms with Crippen LogP contribution < -0.4 is 10.6 Å². The van der Waals surface area contributed by atoms with Gasteiger partial charge in [0.05, 0.1) is 17.6 Å². The Morgan fingerprint density at radius 1 is 0.862 bits per heavy atom. The molecule has 6 nitrogen and oxygen atoms in total. The molecule has 3 N–H and O–H groups in total. The number of carbonyl (C=O) groups is 3. The lowest BCUT2D eigenvalue weighted by atomic mass is 9.82. The van der Waals surface area contributed by atoms with Gasteiger partial charge in [-0.2, -0.15) is 0 Å². The molecule has 1 aliphatic rings. The van der Waals surface area contributed by atoms with Gasteiger partial charge in [0.15, 0.2) is 0 Å². The molecule has 2 aromatic carbocycles. The van der Waals surface area contributed by atoms with E-state index in [1.54, 1.807) is 12.1 Å². The third-order valence-electron chi connectivity index (χ3n) is 4.64. The molecule has 0 fully saturated rings. The van der Waals surface area contributed by atoms with Crippen LogP contribution in [0.1, 0.15) is 12.8 Å². The molecule has 0 spiro atoms. The molecule has 7 heteroatoms. The predicted molar refractivity (Wildman–Crippen MR) is 114 cm³/mol. The molecule has 0 aliphatic heterocycles. The van der Waals surface area contributed by atoms with E-state index in [2.05, 4.69) is 10.6 Å². The van der Waals surface area contributed by atoms with E-state index < -0.39 is 17.8 Å². The largest absolute Gasteiger partial charge is 0.481 e. The van der Waals surface area contributed by atoms with E-state index in [1.807, 2.05) is 54.6 Å². The fourth-order valence-electron chi connectivity index (χ4n) is 3.11. The minimum absolute atomic E-state index is 0.0938. The first-order valence-corrected chi connectivity index (χ1v) is 10.3. The van der Waals surface area contributed by atoms with E-state index in [9.17, 15) is 19.5 Å². The molecule has 150 valence electrons. The number of para-hydroxylation sites is 1. The molecular weight excluding hydrogens is 388 g/mol. The second-order valence-corrected chi connectivity index (χ2v) is 7.76. The molecule has 3 rings (SSSR count). The number of nitrogens with one attached hydrogen (secondary N) is 2. The SMILES string of the molecule is O=C(CSc1ccc(NC(=O)C2CC=CCC2C(=O)O)cc1)Nc1ccccc1. The summed E-state index contributed by atoms with van der Waals surface area (Å²) in [6.45, 7) is 0. The van der Waals surface area contributed by atoms with Crippen LogP contribution in [0, 0.1) is 11.8 Å². The Hall–Kier alpha value is -3.06. The number of carbonyl (C=O) groups excluding carboxylic acids is 2. The van der Waals surface area contributed by atoms with Gasteiger partial charge in [-0.1, -0.05) is 30.4 Å². The number of rotatable bonds is 7. The Morgan fingerprint density at radius 2 is 1.48 bits per heavy atom. The number of allylic oxidation sites excluding steroid dienone is 2. The van der Waals surface area contributed by atoms with Gasteiger partial charge in [0, 0.05) is 16.3 Å². The smallest absolute Gasteiger partial charge is 0.307 e. The lowest BCUT2D eigenvalue weighted by Crippen LogP contribution is -2.34. The summed E-state index contributed by atoms with van der Waals surface area (Å²) in [5.41, 5.74) is 1.36. The zero-order valence-corrected chi connectivity index (χ0v) is 16.5. The van der Waals surface area contributed by atoms with E-state index in [1.165, 1.54) is 11.8 Å². The summed E-state index contributed by atoms with van der Waals surface area (Å²) in [6.07, 6.45) is 4.45. The highest BCUT2D eigenvalue weighted by molar-refractivity contribution is 8.00. The van der Waals surface area contributed by atoms with Crippen LogP contribution in [0.2, 0.25) is 0 Å². The third kappa shape index (κ3) is 5.96. The minimum Gasteiger partial charge on any atom is -0.481 e. The average Bonchev–Trinajstić information content (AvgIpc) is 2.74. The summed E-state index contributed by atoms with van der Waals surface area (Å²) in [6, 6.07) is 16.4. The molecule has 29 heavy (non-hydrogen) atoms. The number of hydrogen-bond acceptors (Lipinski definition) is 4. The van der Waals surface area contributed by atoms with Crippen LogP contribution in [0.15, 0.2) is 71.6 Å². The van der Waals surface area contributed by atoms with Crippen LogP contribution in [0.5, 0.6) is 0 Å². The van der Waals surface area contributed by atoms with E-state index in [0.717, 1.165) is 10.6 Å². The highest BCUT2D eigenvalue weighted by atomic mass is 32.2. The minimum atomic E-state index is -0.949. The molecule has 0 saturated carbocycles. The maximum absolute atomic E-state index is 12.5. The molecule has 1 aliphatic carbocycles. The van der Waals surface area contributed by atoms with Crippen molar-refractivity contribution in [1.29, 1.82) is 0 Å². The Morgan fingerprint density at radius 3 is 2.14 bits per heavy atom. The van der Waals surface area contributed by atoms with Crippen LogP contribution >= 0.6 is 11.8 Å². The van der Waals surface area contributed by atoms with E-state index in [-0.39, 0.29) is 17.6 Å². The van der Waals surface area contributed by atoms with Gasteiger partial charge >= 0.3 is 5.97 Å². The number of carboxylic acids is 1. The number of anilines is 2. The molecular formula is C22H22N2O4S. The lowest BCUT2D eigenvalue weighted by Gasteiger charge is -2.24. The molecule has 2 aromatic rings. The molecule has 0 radical (unpaired) electrons. The van der Waals surface area contributed by atoms with Crippen molar-refractivity contribution in [1.82, 2.24) is 0 Å². The second-order valence-electron chi connectivity index (χ2n) is 6.71. The Kier molecular flexibility index (Phi) is 7.08. The zero-order chi connectivity index (χ0) is 20.6. The molecule has 0 saturated heterocycles. The van der Waals surface area contributed by atoms with Crippen molar-refractivity contribution in [2.75, 3.05) is 16.4 Å². The van der Waals surface area contributed by atoms with Gasteiger partial charge < -0.3 is 15.7 Å². The van der Waals surface area contributed by atoms with Crippen molar-refractivity contribution in [2.24, 2.45) is 11.8 Å². The second kappa shape index (κ2) is 9.93. The summed E-state index contributed by atoms with van der Waals surface area (Å²) < 4.78 is 0. The molecule has 2 amide bonds. The highest BCUT2D eigenvalue weighted by Gasteiger charge is 2.33. The average molecular weight is 410 g/mol. The van der Waals surface area contributed by atoms with E-state index in [0.29, 0.717) is 18.5 Å². The number of hydrogen-bond donors (Lipinski definition) is 3. The number of amides is 2. The first-order chi connectivity index (χ1) is 14.0. The summed E-state index contributed by atoms with van der Waals surface area (Å²) >= 11 is 1.40. The normalized spacial score (nSPS) is 18.1. The fourth-order valence-corrected chi connectivity index (χ4v) is 3.81. The number of carboxylic acid groups (broad SMARTS) is 1. The number of benzene rings is 2. The van der Waals surface area contributed by atoms with Gasteiger partial charge in [-0.3, -0.25) is 14.4 Å². The molecule has 2 unspecified atom stereocenters. The summed E-state index contributed by atoms with van der Waals surface area (Å²) in [5, 5.41) is 14.9. The van der Waals surface area contributed by atoms with Crippen LogP contribution in [-0.2, 0) is 14.4 Å². The number of aliphatic carboxylic acids is 1. The van der Waals surface area contributed by atoms with Crippen molar-refractivity contribution in [3.8, 4) is 0 Å². The van der Waals surface area contributed by atoms with Gasteiger partial charge in [0.1, 0.15) is 0 Å². The molecule has 0 aromatic heterocycles. The summed E-state index contributed by atoms with van der Waals surface area (Å²) in [5.74, 6) is -2.33. The Bertz CT molecular complexity index is 897. The quantitative estimate of drug-likeness (QED) is 0.473. The van der Waals surface area contributed by atoms with Gasteiger partial charge in [-0.05, 0) is 49.2 Å². The lowest BCUT2D eigenvalue weighted by molar-refractivity contribution is -0.146. The van der Waals surface area contributed by atoms with Crippen molar-refractivity contribution in [2.45, 2.75) is 17.7 Å². The maximum atomic E-state index is 12.5. The van der Waals surface area contributed by atoms with Crippen LogP contribution in [0.25, 0.3) is 0 Å². The third-order valence-corrected chi connectivity index (χ3v) is 5.65. The highest BCUT2D eigenvalue weighted by Crippen LogP contribution is 2.28. The van der Waals surface area contributed by atoms with Crippen molar-refractivity contribution in [3.05, 3.63) is 66.7 Å². The zero-order valence-electron chi connectivity index (χ0n) is 15.7. The van der Waals surface area contributed by atoms with Gasteiger partial charge in [0.25, 0.3) is 0 Å². The van der Waals surface area contributed by atoms with Gasteiger partial charge in [0.2, 0.25) is 11.8 Å². The summed E-state index contributed by atoms with van der Waals surface area (Å²) in [7, 11) is 0. The Labute approximate surface area is 173 Å². The van der Waals surface area contributed by atoms with E-state index >= 15 is 0 Å². The fraction of sp³-hybridized carbons (Fsp3) is 0.227. The number of thioether (sulfide) groups is 1. The monoisotopic (exact) mass is 410 g/mol. The van der Waals surface area contributed by atoms with Crippen molar-refractivity contribution in [3.63, 3.8) is 0 Å². The predicted octanol–water partition coefficient (Wildman–Crippen LogP) is 4.02. The molecule has 0 bridgehead atoms. The van der Waals surface area contributed by atoms with Gasteiger partial charge in [-0.25, -0.2) is 0 Å². The van der Waals surface area contributed by atoms with Crippen molar-refractivity contribution >= 4 is 40.9 Å².